The molecule has 26 heavy (non-hydrogen) atoms. The summed E-state index contributed by atoms with van der Waals surface area (Å²) in [6.45, 7) is 11.7. The van der Waals surface area contributed by atoms with E-state index >= 15 is 4.39 Å². The fraction of sp³-hybridized carbons (Fsp3) is 0.955. The molecule has 0 amide bonds. The molecular formula is C22H42FNO2. The number of esters is 1. The normalized spacial score (nSPS) is 31.0. The van der Waals surface area contributed by atoms with Crippen molar-refractivity contribution in [3.63, 3.8) is 0 Å². The molecule has 0 radical (unpaired) electrons. The summed E-state index contributed by atoms with van der Waals surface area (Å²) >= 11 is 0. The molecule has 0 bridgehead atoms. The number of halogens is 1. The van der Waals surface area contributed by atoms with E-state index in [2.05, 4.69) is 26.1 Å². The second kappa shape index (κ2) is 11.9. The third kappa shape index (κ3) is 6.83. The lowest BCUT2D eigenvalue weighted by Gasteiger charge is -2.44. The largest absolute Gasteiger partial charge is 0.464 e. The molecule has 1 saturated heterocycles. The molecule has 154 valence electrons. The van der Waals surface area contributed by atoms with Crippen LogP contribution in [0.2, 0.25) is 0 Å². The van der Waals surface area contributed by atoms with Gasteiger partial charge in [-0.05, 0) is 56.4 Å². The number of hydrogen-bond acceptors (Lipinski definition) is 3. The van der Waals surface area contributed by atoms with Crippen LogP contribution in [0.25, 0.3) is 0 Å². The number of unbranched alkanes of at least 4 members (excludes halogenated alkanes) is 1. The van der Waals surface area contributed by atoms with Gasteiger partial charge in [-0.2, -0.15) is 0 Å². The summed E-state index contributed by atoms with van der Waals surface area (Å²) in [6.07, 6.45) is 7.79. The second-order valence-corrected chi connectivity index (χ2v) is 8.03. The maximum atomic E-state index is 15.1. The Labute approximate surface area is 160 Å². The van der Waals surface area contributed by atoms with Gasteiger partial charge in [-0.25, -0.2) is 4.39 Å². The van der Waals surface area contributed by atoms with E-state index in [1.807, 2.05) is 13.8 Å². The number of carbonyl (C=O) groups excluding carboxylic acids is 1. The average Bonchev–Trinajstić information content (AvgIpc) is 2.68. The van der Waals surface area contributed by atoms with Crippen LogP contribution < -0.4 is 5.32 Å². The molecule has 4 atom stereocenters. The van der Waals surface area contributed by atoms with E-state index in [-0.39, 0.29) is 12.0 Å². The first kappa shape index (κ1) is 23.4. The maximum Gasteiger partial charge on any atom is 0.323 e. The summed E-state index contributed by atoms with van der Waals surface area (Å²) in [5.74, 6) is 1.17. The highest BCUT2D eigenvalue weighted by molar-refractivity contribution is 5.76. The molecule has 0 aromatic carbocycles. The number of carbonyl (C=O) groups is 1. The first-order valence-electron chi connectivity index (χ1n) is 11.1. The van der Waals surface area contributed by atoms with Crippen molar-refractivity contribution in [1.82, 2.24) is 5.32 Å². The Kier molecular flexibility index (Phi) is 10.7. The number of piperidine rings is 1. The van der Waals surface area contributed by atoms with Crippen LogP contribution in [0.3, 0.4) is 0 Å². The van der Waals surface area contributed by atoms with Gasteiger partial charge in [0.1, 0.15) is 11.7 Å². The Morgan fingerprint density at radius 2 is 1.92 bits per heavy atom. The van der Waals surface area contributed by atoms with Crippen molar-refractivity contribution < 1.29 is 13.9 Å². The topological polar surface area (TPSA) is 38.3 Å². The molecule has 0 spiro atoms. The molecule has 0 aromatic rings. The number of fused-ring (bicyclic) bond motifs is 1. The van der Waals surface area contributed by atoms with Crippen LogP contribution in [0.15, 0.2) is 0 Å². The fourth-order valence-electron chi connectivity index (χ4n) is 4.37. The molecule has 2 rings (SSSR count). The lowest BCUT2D eigenvalue weighted by molar-refractivity contribution is -0.149. The fourth-order valence-corrected chi connectivity index (χ4v) is 4.37. The first-order chi connectivity index (χ1) is 12.5. The van der Waals surface area contributed by atoms with Crippen LogP contribution in [0, 0.1) is 17.8 Å². The minimum Gasteiger partial charge on any atom is -0.464 e. The van der Waals surface area contributed by atoms with E-state index in [0.29, 0.717) is 43.6 Å². The predicted octanol–water partition coefficient (Wildman–Crippen LogP) is 5.67. The summed E-state index contributed by atoms with van der Waals surface area (Å²) in [5, 5.41) is 3.35. The lowest BCUT2D eigenvalue weighted by atomic mass is 9.67. The van der Waals surface area contributed by atoms with Crippen molar-refractivity contribution in [3.8, 4) is 0 Å². The minimum atomic E-state index is -1.00. The Balaban J connectivity index is 0.00000163. The average molecular weight is 372 g/mol. The van der Waals surface area contributed by atoms with E-state index in [4.69, 9.17) is 4.74 Å². The molecule has 1 heterocycles. The van der Waals surface area contributed by atoms with Gasteiger partial charge >= 0.3 is 5.97 Å². The monoisotopic (exact) mass is 371 g/mol. The van der Waals surface area contributed by atoms with Gasteiger partial charge < -0.3 is 10.1 Å². The smallest absolute Gasteiger partial charge is 0.323 e. The van der Waals surface area contributed by atoms with Crippen molar-refractivity contribution in [2.24, 2.45) is 17.8 Å². The van der Waals surface area contributed by atoms with Crippen LogP contribution in [0.1, 0.15) is 92.4 Å². The highest BCUT2D eigenvalue weighted by Crippen LogP contribution is 2.45. The molecule has 1 saturated carbocycles. The van der Waals surface area contributed by atoms with Crippen molar-refractivity contribution in [3.05, 3.63) is 0 Å². The van der Waals surface area contributed by atoms with Crippen molar-refractivity contribution in [2.75, 3.05) is 13.2 Å². The van der Waals surface area contributed by atoms with Crippen LogP contribution in [0.5, 0.6) is 0 Å². The molecule has 1 aliphatic carbocycles. The third-order valence-electron chi connectivity index (χ3n) is 6.30. The standard InChI is InChI=1S/C20H36FNO2.C2H6/c1-4-7-9-20(21)10-8-16-13-22-18(11-17(16)12-20)19(23)24-14-15(5-2)6-3;1-2/h15-18,22H,4-14H2,1-3H3;1-2H3. The molecule has 4 unspecified atom stereocenters. The van der Waals surface area contributed by atoms with Crippen LogP contribution >= 0.6 is 0 Å². The highest BCUT2D eigenvalue weighted by Gasteiger charge is 2.44. The number of rotatable bonds is 8. The van der Waals surface area contributed by atoms with E-state index in [1.165, 1.54) is 0 Å². The molecule has 1 aliphatic heterocycles. The van der Waals surface area contributed by atoms with Gasteiger partial charge in [0.15, 0.2) is 0 Å². The van der Waals surface area contributed by atoms with E-state index in [0.717, 1.165) is 45.1 Å². The maximum absolute atomic E-state index is 15.1. The van der Waals surface area contributed by atoms with Crippen molar-refractivity contribution >= 4 is 5.97 Å². The quantitative estimate of drug-likeness (QED) is 0.559. The van der Waals surface area contributed by atoms with Gasteiger partial charge in [0, 0.05) is 0 Å². The first-order valence-corrected chi connectivity index (χ1v) is 11.1. The van der Waals surface area contributed by atoms with E-state index < -0.39 is 5.67 Å². The number of ether oxygens (including phenoxy) is 1. The summed E-state index contributed by atoms with van der Waals surface area (Å²) in [6, 6.07) is -0.242. The van der Waals surface area contributed by atoms with Crippen LogP contribution in [-0.2, 0) is 9.53 Å². The molecule has 2 fully saturated rings. The molecule has 0 aromatic heterocycles. The summed E-state index contributed by atoms with van der Waals surface area (Å²) in [4.78, 5) is 12.4. The molecule has 3 nitrogen and oxygen atoms in total. The van der Waals surface area contributed by atoms with Gasteiger partial charge in [-0.1, -0.05) is 60.3 Å². The second-order valence-electron chi connectivity index (χ2n) is 8.03. The van der Waals surface area contributed by atoms with Crippen molar-refractivity contribution in [1.29, 1.82) is 0 Å². The number of alkyl halides is 1. The number of hydrogen-bond donors (Lipinski definition) is 1. The van der Waals surface area contributed by atoms with Gasteiger partial charge in [0.25, 0.3) is 0 Å². The van der Waals surface area contributed by atoms with Crippen LogP contribution in [0.4, 0.5) is 4.39 Å². The van der Waals surface area contributed by atoms with Gasteiger partial charge in [0.2, 0.25) is 0 Å². The SMILES string of the molecule is CC.CCCCC1(F)CCC2CNC(C(=O)OCC(CC)CC)CC2C1. The van der Waals surface area contributed by atoms with Crippen molar-refractivity contribution in [2.45, 2.75) is 104 Å². The number of nitrogens with one attached hydrogen (secondary N) is 1. The zero-order chi connectivity index (χ0) is 19.6. The lowest BCUT2D eigenvalue weighted by Crippen LogP contribution is -2.52. The summed E-state index contributed by atoms with van der Waals surface area (Å²) in [5.41, 5.74) is -1.00. The van der Waals surface area contributed by atoms with Crippen LogP contribution in [-0.4, -0.2) is 30.8 Å². The summed E-state index contributed by atoms with van der Waals surface area (Å²) in [7, 11) is 0. The Morgan fingerprint density at radius 1 is 1.23 bits per heavy atom. The van der Waals surface area contributed by atoms with Gasteiger partial charge in [-0.15, -0.1) is 0 Å². The highest BCUT2D eigenvalue weighted by atomic mass is 19.1. The predicted molar refractivity (Wildman–Crippen MR) is 107 cm³/mol. The Bertz CT molecular complexity index is 400. The molecular weight excluding hydrogens is 329 g/mol. The Hall–Kier alpha value is -0.640. The Morgan fingerprint density at radius 3 is 2.54 bits per heavy atom. The summed E-state index contributed by atoms with van der Waals surface area (Å²) < 4.78 is 20.6. The molecule has 2 aliphatic rings. The zero-order valence-corrected chi connectivity index (χ0v) is 17.8. The van der Waals surface area contributed by atoms with E-state index in [1.54, 1.807) is 0 Å². The zero-order valence-electron chi connectivity index (χ0n) is 17.8. The third-order valence-corrected chi connectivity index (χ3v) is 6.30. The minimum absolute atomic E-state index is 0.135. The van der Waals surface area contributed by atoms with Gasteiger partial charge in [-0.3, -0.25) is 4.79 Å². The molecule has 4 heteroatoms. The van der Waals surface area contributed by atoms with E-state index in [9.17, 15) is 4.79 Å². The molecule has 1 N–H and O–H groups in total. The van der Waals surface area contributed by atoms with Gasteiger partial charge in [0.05, 0.1) is 6.61 Å².